The molecule has 8 nitrogen and oxygen atoms in total. The number of rotatable bonds is 6. The van der Waals surface area contributed by atoms with Crippen LogP contribution in [0.1, 0.15) is 26.3 Å². The molecule has 0 aliphatic carbocycles. The van der Waals surface area contributed by atoms with Crippen molar-refractivity contribution in [3.05, 3.63) is 71.3 Å². The number of fused-ring (bicyclic) bond motifs is 1. The highest BCUT2D eigenvalue weighted by atomic mass is 32.1. The van der Waals surface area contributed by atoms with Gasteiger partial charge in [-0.15, -0.1) is 0 Å². The van der Waals surface area contributed by atoms with Gasteiger partial charge in [0.1, 0.15) is 0 Å². The third kappa shape index (κ3) is 4.61. The standard InChI is InChI=1S/C28H27N5O3S/c1-18-8-9-22-23(16-18)37-28(29-22)30-24(34)17-32-12-10-31(11-13-32)14-15-33-26(35)20-6-2-4-19-5-3-7-21(25(19)20)27(33)36/h2-9,16H,10-15,17H2,1H3,(H,29,30,34). The molecule has 2 aliphatic heterocycles. The van der Waals surface area contributed by atoms with E-state index in [1.165, 1.54) is 21.8 Å². The van der Waals surface area contributed by atoms with E-state index in [0.717, 1.165) is 47.2 Å². The topological polar surface area (TPSA) is 85.8 Å². The van der Waals surface area contributed by atoms with Gasteiger partial charge in [-0.2, -0.15) is 0 Å². The number of hydrogen-bond acceptors (Lipinski definition) is 7. The van der Waals surface area contributed by atoms with E-state index in [4.69, 9.17) is 0 Å². The summed E-state index contributed by atoms with van der Waals surface area (Å²) in [5.41, 5.74) is 3.24. The molecule has 0 bridgehead atoms. The number of imide groups is 1. The lowest BCUT2D eigenvalue weighted by atomic mass is 9.94. The molecular formula is C28H27N5O3S. The molecular weight excluding hydrogens is 486 g/mol. The Labute approximate surface area is 218 Å². The maximum atomic E-state index is 13.1. The van der Waals surface area contributed by atoms with Crippen LogP contribution in [0.25, 0.3) is 21.0 Å². The number of aryl methyl sites for hydroxylation is 1. The molecule has 1 aromatic heterocycles. The lowest BCUT2D eigenvalue weighted by Gasteiger charge is -2.35. The van der Waals surface area contributed by atoms with Gasteiger partial charge >= 0.3 is 0 Å². The number of nitrogens with zero attached hydrogens (tertiary/aromatic N) is 4. The summed E-state index contributed by atoms with van der Waals surface area (Å²) in [5, 5.41) is 5.22. The molecule has 2 aliphatic rings. The van der Waals surface area contributed by atoms with Crippen molar-refractivity contribution in [2.45, 2.75) is 6.92 Å². The Morgan fingerprint density at radius 2 is 1.59 bits per heavy atom. The number of thiazole rings is 1. The SMILES string of the molecule is Cc1ccc2nc(NC(=O)CN3CCN(CCN4C(=O)c5cccc6cccc(c56)C4=O)CC3)sc2c1. The lowest BCUT2D eigenvalue weighted by Crippen LogP contribution is -2.51. The van der Waals surface area contributed by atoms with Crippen molar-refractivity contribution in [3.8, 4) is 0 Å². The zero-order valence-corrected chi connectivity index (χ0v) is 21.4. The maximum Gasteiger partial charge on any atom is 0.261 e. The number of aromatic nitrogens is 1. The average molecular weight is 514 g/mol. The Kier molecular flexibility index (Phi) is 6.19. The number of anilines is 1. The first-order valence-electron chi connectivity index (χ1n) is 12.5. The predicted molar refractivity (Wildman–Crippen MR) is 145 cm³/mol. The van der Waals surface area contributed by atoms with Crippen molar-refractivity contribution in [2.24, 2.45) is 0 Å². The summed E-state index contributed by atoms with van der Waals surface area (Å²) in [6.45, 7) is 6.35. The molecule has 0 atom stereocenters. The molecule has 0 unspecified atom stereocenters. The normalized spacial score (nSPS) is 16.6. The second-order valence-corrected chi connectivity index (χ2v) is 10.7. The van der Waals surface area contributed by atoms with Crippen LogP contribution in [0.5, 0.6) is 0 Å². The fourth-order valence-electron chi connectivity index (χ4n) is 5.14. The molecule has 37 heavy (non-hydrogen) atoms. The van der Waals surface area contributed by atoms with Crippen LogP contribution in [0.3, 0.4) is 0 Å². The molecule has 1 saturated heterocycles. The molecule has 0 spiro atoms. The zero-order valence-electron chi connectivity index (χ0n) is 20.6. The number of nitrogens with one attached hydrogen (secondary N) is 1. The van der Waals surface area contributed by atoms with E-state index in [-0.39, 0.29) is 17.7 Å². The Morgan fingerprint density at radius 3 is 2.30 bits per heavy atom. The predicted octanol–water partition coefficient (Wildman–Crippen LogP) is 3.61. The Hall–Kier alpha value is -3.66. The van der Waals surface area contributed by atoms with E-state index in [1.54, 1.807) is 12.1 Å². The van der Waals surface area contributed by atoms with E-state index in [1.807, 2.05) is 43.3 Å². The average Bonchev–Trinajstić information content (AvgIpc) is 3.29. The number of benzene rings is 3. The fourth-order valence-corrected chi connectivity index (χ4v) is 6.12. The molecule has 3 aromatic carbocycles. The summed E-state index contributed by atoms with van der Waals surface area (Å²) in [6.07, 6.45) is 0. The van der Waals surface area contributed by atoms with Crippen molar-refractivity contribution >= 4 is 55.2 Å². The molecule has 6 rings (SSSR count). The molecule has 4 aromatic rings. The first kappa shape index (κ1) is 23.7. The highest BCUT2D eigenvalue weighted by Crippen LogP contribution is 2.30. The van der Waals surface area contributed by atoms with Gasteiger partial charge < -0.3 is 5.32 Å². The monoisotopic (exact) mass is 513 g/mol. The minimum absolute atomic E-state index is 0.0680. The summed E-state index contributed by atoms with van der Waals surface area (Å²) in [4.78, 5) is 49.1. The summed E-state index contributed by atoms with van der Waals surface area (Å²) < 4.78 is 1.06. The van der Waals surface area contributed by atoms with Crippen molar-refractivity contribution in [2.75, 3.05) is 51.1 Å². The van der Waals surface area contributed by atoms with Gasteiger partial charge in [0.15, 0.2) is 5.13 Å². The van der Waals surface area contributed by atoms with Gasteiger partial charge in [0.05, 0.1) is 16.8 Å². The number of carbonyl (C=O) groups is 3. The Morgan fingerprint density at radius 1 is 0.919 bits per heavy atom. The number of carbonyl (C=O) groups excluding carboxylic acids is 3. The summed E-state index contributed by atoms with van der Waals surface area (Å²) in [5.74, 6) is -0.522. The van der Waals surface area contributed by atoms with Crippen LogP contribution in [0.15, 0.2) is 54.6 Å². The van der Waals surface area contributed by atoms with Gasteiger partial charge in [-0.3, -0.25) is 29.1 Å². The van der Waals surface area contributed by atoms with Crippen molar-refractivity contribution in [3.63, 3.8) is 0 Å². The van der Waals surface area contributed by atoms with Crippen molar-refractivity contribution in [1.82, 2.24) is 19.7 Å². The van der Waals surface area contributed by atoms with Gasteiger partial charge in [-0.1, -0.05) is 41.7 Å². The number of piperazine rings is 1. The van der Waals surface area contributed by atoms with Gasteiger partial charge in [-0.25, -0.2) is 4.98 Å². The molecule has 1 N–H and O–H groups in total. The van der Waals surface area contributed by atoms with E-state index in [9.17, 15) is 14.4 Å². The minimum atomic E-state index is -0.227. The maximum absolute atomic E-state index is 13.1. The van der Waals surface area contributed by atoms with E-state index in [2.05, 4.69) is 26.2 Å². The van der Waals surface area contributed by atoms with Crippen LogP contribution in [-0.2, 0) is 4.79 Å². The second-order valence-electron chi connectivity index (χ2n) is 9.63. The highest BCUT2D eigenvalue weighted by molar-refractivity contribution is 7.22. The molecule has 3 amide bonds. The molecule has 188 valence electrons. The third-order valence-corrected chi connectivity index (χ3v) is 8.05. The van der Waals surface area contributed by atoms with Crippen LogP contribution >= 0.6 is 11.3 Å². The van der Waals surface area contributed by atoms with E-state index >= 15 is 0 Å². The summed E-state index contributed by atoms with van der Waals surface area (Å²) in [6, 6.07) is 17.2. The Bertz CT molecular complexity index is 1490. The fraction of sp³-hybridized carbons (Fsp3) is 0.286. The zero-order chi connectivity index (χ0) is 25.5. The molecule has 0 radical (unpaired) electrons. The molecule has 0 saturated carbocycles. The Balaban J connectivity index is 1.01. The first-order chi connectivity index (χ1) is 18.0. The van der Waals surface area contributed by atoms with Gasteiger partial charge in [0, 0.05) is 55.8 Å². The highest BCUT2D eigenvalue weighted by Gasteiger charge is 2.33. The first-order valence-corrected chi connectivity index (χ1v) is 13.3. The van der Waals surface area contributed by atoms with Gasteiger partial charge in [0.2, 0.25) is 5.91 Å². The van der Waals surface area contributed by atoms with Crippen molar-refractivity contribution < 1.29 is 14.4 Å². The quantitative estimate of drug-likeness (QED) is 0.397. The smallest absolute Gasteiger partial charge is 0.261 e. The minimum Gasteiger partial charge on any atom is -0.301 e. The van der Waals surface area contributed by atoms with Crippen LogP contribution in [0.2, 0.25) is 0 Å². The van der Waals surface area contributed by atoms with Crippen LogP contribution in [-0.4, -0.2) is 83.2 Å². The lowest BCUT2D eigenvalue weighted by molar-refractivity contribution is -0.117. The summed E-state index contributed by atoms with van der Waals surface area (Å²) >= 11 is 1.49. The molecule has 3 heterocycles. The molecule has 1 fully saturated rings. The van der Waals surface area contributed by atoms with Gasteiger partial charge in [0.25, 0.3) is 11.8 Å². The number of amides is 3. The van der Waals surface area contributed by atoms with E-state index in [0.29, 0.717) is 35.9 Å². The van der Waals surface area contributed by atoms with Crippen molar-refractivity contribution in [1.29, 1.82) is 0 Å². The molecule has 9 heteroatoms. The second kappa shape index (κ2) is 9.66. The van der Waals surface area contributed by atoms with Crippen LogP contribution < -0.4 is 5.32 Å². The van der Waals surface area contributed by atoms with Gasteiger partial charge in [-0.05, 0) is 42.1 Å². The van der Waals surface area contributed by atoms with E-state index < -0.39 is 0 Å². The van der Waals surface area contributed by atoms with Crippen LogP contribution in [0, 0.1) is 6.92 Å². The van der Waals surface area contributed by atoms with Crippen LogP contribution in [0.4, 0.5) is 5.13 Å². The third-order valence-electron chi connectivity index (χ3n) is 7.12. The number of hydrogen-bond donors (Lipinski definition) is 1. The largest absolute Gasteiger partial charge is 0.301 e. The summed E-state index contributed by atoms with van der Waals surface area (Å²) in [7, 11) is 0.